The molecule has 4 heterocycles. The van der Waals surface area contributed by atoms with Crippen LogP contribution in [-0.2, 0) is 0 Å². The highest BCUT2D eigenvalue weighted by Crippen LogP contribution is 2.27. The molecule has 0 bridgehead atoms. The van der Waals surface area contributed by atoms with Gasteiger partial charge in [0.2, 0.25) is 0 Å². The van der Waals surface area contributed by atoms with Crippen molar-refractivity contribution in [3.8, 4) is 0 Å². The van der Waals surface area contributed by atoms with Crippen molar-refractivity contribution in [2.75, 3.05) is 13.1 Å². The number of nitrogens with zero attached hydrogens (tertiary/aromatic N) is 5. The lowest BCUT2D eigenvalue weighted by Gasteiger charge is -2.37. The SMILES string of the molecule is O=C(c1cscn1)N1CC(c2nnc3ccccn23)C1. The Morgan fingerprint density at radius 2 is 2.20 bits per heavy atom. The molecular weight excluding hydrogens is 274 g/mol. The van der Waals surface area contributed by atoms with Crippen molar-refractivity contribution < 1.29 is 4.79 Å². The summed E-state index contributed by atoms with van der Waals surface area (Å²) in [5, 5.41) is 10.2. The number of thiazole rings is 1. The van der Waals surface area contributed by atoms with Gasteiger partial charge in [0.15, 0.2) is 5.65 Å². The molecule has 100 valence electrons. The highest BCUT2D eigenvalue weighted by atomic mass is 32.1. The van der Waals surface area contributed by atoms with Crippen molar-refractivity contribution >= 4 is 22.9 Å². The van der Waals surface area contributed by atoms with Crippen LogP contribution in [0.25, 0.3) is 5.65 Å². The fourth-order valence-corrected chi connectivity index (χ4v) is 2.95. The molecule has 0 atom stereocenters. The third kappa shape index (κ3) is 1.70. The van der Waals surface area contributed by atoms with E-state index >= 15 is 0 Å². The summed E-state index contributed by atoms with van der Waals surface area (Å²) in [6.07, 6.45) is 1.95. The third-order valence-corrected chi connectivity index (χ3v) is 4.11. The molecule has 6 nitrogen and oxygen atoms in total. The van der Waals surface area contributed by atoms with E-state index in [-0.39, 0.29) is 11.8 Å². The van der Waals surface area contributed by atoms with E-state index in [1.54, 1.807) is 15.8 Å². The Labute approximate surface area is 118 Å². The summed E-state index contributed by atoms with van der Waals surface area (Å²) >= 11 is 1.44. The Morgan fingerprint density at radius 1 is 1.30 bits per heavy atom. The Morgan fingerprint density at radius 3 is 3.00 bits per heavy atom. The number of likely N-dealkylation sites (tertiary alicyclic amines) is 1. The van der Waals surface area contributed by atoms with E-state index in [2.05, 4.69) is 15.2 Å². The molecule has 0 saturated carbocycles. The van der Waals surface area contributed by atoms with Crippen molar-refractivity contribution in [2.45, 2.75) is 5.92 Å². The number of hydrogen-bond acceptors (Lipinski definition) is 5. The van der Waals surface area contributed by atoms with Gasteiger partial charge in [-0.05, 0) is 12.1 Å². The van der Waals surface area contributed by atoms with Gasteiger partial charge in [-0.15, -0.1) is 21.5 Å². The lowest BCUT2D eigenvalue weighted by Crippen LogP contribution is -2.49. The summed E-state index contributed by atoms with van der Waals surface area (Å²) in [6, 6.07) is 5.82. The zero-order valence-corrected chi connectivity index (χ0v) is 11.3. The van der Waals surface area contributed by atoms with Crippen LogP contribution in [0.4, 0.5) is 0 Å². The first kappa shape index (κ1) is 11.5. The summed E-state index contributed by atoms with van der Waals surface area (Å²) in [5.74, 6) is 1.16. The Kier molecular flexibility index (Phi) is 2.53. The lowest BCUT2D eigenvalue weighted by molar-refractivity contribution is 0.0588. The summed E-state index contributed by atoms with van der Waals surface area (Å²) in [6.45, 7) is 1.35. The Hall–Kier alpha value is -2.28. The van der Waals surface area contributed by atoms with E-state index < -0.39 is 0 Å². The first-order valence-electron chi connectivity index (χ1n) is 6.30. The number of aromatic nitrogens is 4. The number of rotatable bonds is 2. The van der Waals surface area contributed by atoms with Crippen molar-refractivity contribution in [2.24, 2.45) is 0 Å². The number of fused-ring (bicyclic) bond motifs is 1. The van der Waals surface area contributed by atoms with Gasteiger partial charge in [0.05, 0.1) is 11.4 Å². The van der Waals surface area contributed by atoms with Gasteiger partial charge < -0.3 is 4.90 Å². The van der Waals surface area contributed by atoms with Crippen molar-refractivity contribution in [1.82, 2.24) is 24.5 Å². The van der Waals surface area contributed by atoms with Gasteiger partial charge >= 0.3 is 0 Å². The second-order valence-electron chi connectivity index (χ2n) is 4.77. The minimum absolute atomic E-state index is 0.00341. The number of carbonyl (C=O) groups is 1. The highest BCUT2D eigenvalue weighted by molar-refractivity contribution is 7.07. The van der Waals surface area contributed by atoms with E-state index in [1.807, 2.05) is 28.8 Å². The third-order valence-electron chi connectivity index (χ3n) is 3.53. The van der Waals surface area contributed by atoms with Crippen molar-refractivity contribution in [3.05, 3.63) is 46.8 Å². The van der Waals surface area contributed by atoms with Gasteiger partial charge in [-0.3, -0.25) is 9.20 Å². The van der Waals surface area contributed by atoms with Crippen molar-refractivity contribution in [3.63, 3.8) is 0 Å². The molecule has 1 fully saturated rings. The molecule has 0 spiro atoms. The van der Waals surface area contributed by atoms with E-state index in [9.17, 15) is 4.79 Å². The van der Waals surface area contributed by atoms with E-state index in [4.69, 9.17) is 0 Å². The zero-order chi connectivity index (χ0) is 13.5. The normalized spacial score (nSPS) is 15.5. The maximum absolute atomic E-state index is 12.1. The molecule has 20 heavy (non-hydrogen) atoms. The summed E-state index contributed by atoms with van der Waals surface area (Å²) in [4.78, 5) is 17.9. The standard InChI is InChI=1S/C13H11N5OS/c19-13(10-7-20-8-14-10)17-5-9(6-17)12-16-15-11-3-1-2-4-18(11)12/h1-4,7-9H,5-6H2. The van der Waals surface area contributed by atoms with Gasteiger partial charge in [-0.1, -0.05) is 6.07 Å². The predicted octanol–water partition coefficient (Wildman–Crippen LogP) is 1.43. The Bertz CT molecular complexity index is 760. The predicted molar refractivity (Wildman–Crippen MR) is 73.7 cm³/mol. The lowest BCUT2D eigenvalue weighted by atomic mass is 9.99. The largest absolute Gasteiger partial charge is 0.336 e. The first-order valence-corrected chi connectivity index (χ1v) is 7.24. The maximum Gasteiger partial charge on any atom is 0.273 e. The number of carbonyl (C=O) groups excluding carboxylic acids is 1. The van der Waals surface area contributed by atoms with Gasteiger partial charge in [-0.25, -0.2) is 4.98 Å². The van der Waals surface area contributed by atoms with Crippen LogP contribution in [-0.4, -0.2) is 43.5 Å². The average molecular weight is 285 g/mol. The molecule has 0 radical (unpaired) electrons. The van der Waals surface area contributed by atoms with Crippen LogP contribution in [0.1, 0.15) is 22.2 Å². The van der Waals surface area contributed by atoms with Crippen LogP contribution in [0.2, 0.25) is 0 Å². The maximum atomic E-state index is 12.1. The molecule has 0 N–H and O–H groups in total. The second kappa shape index (κ2) is 4.38. The molecule has 3 aromatic rings. The molecular formula is C13H11N5OS. The van der Waals surface area contributed by atoms with Gasteiger partial charge in [-0.2, -0.15) is 0 Å². The molecule has 1 saturated heterocycles. The van der Waals surface area contributed by atoms with E-state index in [0.717, 1.165) is 11.5 Å². The zero-order valence-electron chi connectivity index (χ0n) is 10.5. The minimum atomic E-state index is -0.00341. The minimum Gasteiger partial charge on any atom is -0.336 e. The molecule has 1 aliphatic rings. The molecule has 1 amide bonds. The summed E-state index contributed by atoms with van der Waals surface area (Å²) in [7, 11) is 0. The molecule has 0 unspecified atom stereocenters. The van der Waals surface area contributed by atoms with Crippen molar-refractivity contribution in [1.29, 1.82) is 0 Å². The van der Waals surface area contributed by atoms with Crippen LogP contribution in [0.3, 0.4) is 0 Å². The summed E-state index contributed by atoms with van der Waals surface area (Å²) in [5.41, 5.74) is 3.04. The van der Waals surface area contributed by atoms with Crippen LogP contribution in [0, 0.1) is 0 Å². The number of amides is 1. The molecule has 1 aliphatic heterocycles. The van der Waals surface area contributed by atoms with Gasteiger partial charge in [0, 0.05) is 24.7 Å². The van der Waals surface area contributed by atoms with Crippen LogP contribution < -0.4 is 0 Å². The van der Waals surface area contributed by atoms with E-state index in [0.29, 0.717) is 18.8 Å². The molecule has 7 heteroatoms. The van der Waals surface area contributed by atoms with E-state index in [1.165, 1.54) is 11.3 Å². The number of hydrogen-bond donors (Lipinski definition) is 0. The molecule has 3 aromatic heterocycles. The molecule has 0 aliphatic carbocycles. The smallest absolute Gasteiger partial charge is 0.273 e. The fraction of sp³-hybridized carbons (Fsp3) is 0.231. The molecule has 0 aromatic carbocycles. The second-order valence-corrected chi connectivity index (χ2v) is 5.49. The molecule has 4 rings (SSSR count). The fourth-order valence-electron chi connectivity index (χ4n) is 2.43. The topological polar surface area (TPSA) is 63.4 Å². The first-order chi connectivity index (χ1) is 9.83. The Balaban J connectivity index is 1.53. The average Bonchev–Trinajstić information content (AvgIpc) is 3.06. The number of pyridine rings is 1. The monoisotopic (exact) mass is 285 g/mol. The van der Waals surface area contributed by atoms with Gasteiger partial charge in [0.25, 0.3) is 5.91 Å². The highest BCUT2D eigenvalue weighted by Gasteiger charge is 2.35. The van der Waals surface area contributed by atoms with Crippen LogP contribution in [0.15, 0.2) is 35.3 Å². The van der Waals surface area contributed by atoms with Crippen LogP contribution in [0.5, 0.6) is 0 Å². The quantitative estimate of drug-likeness (QED) is 0.714. The van der Waals surface area contributed by atoms with Gasteiger partial charge in [0.1, 0.15) is 11.5 Å². The van der Waals surface area contributed by atoms with Crippen LogP contribution >= 0.6 is 11.3 Å². The summed E-state index contributed by atoms with van der Waals surface area (Å²) < 4.78 is 1.98.